The molecule has 0 aromatic heterocycles. The molecule has 2 aliphatic heterocycles. The Kier molecular flexibility index (Phi) is 5.43. The van der Waals surface area contributed by atoms with E-state index in [4.69, 9.17) is 0 Å². The SMILES string of the molecule is CC(C)c1ccc(N2C(=O)N[C@@H]3CCN(C(=O)c4ccc(N(C)C)cc4)[C@@H]3C2=O)cc1. The molecule has 0 radical (unpaired) electrons. The predicted octanol–water partition coefficient (Wildman–Crippen LogP) is 3.22. The van der Waals surface area contributed by atoms with Gasteiger partial charge in [0.05, 0.1) is 11.7 Å². The van der Waals surface area contributed by atoms with Gasteiger partial charge in [-0.05, 0) is 54.3 Å². The van der Waals surface area contributed by atoms with E-state index < -0.39 is 12.1 Å². The maximum Gasteiger partial charge on any atom is 0.329 e. The van der Waals surface area contributed by atoms with Crippen molar-refractivity contribution in [2.75, 3.05) is 30.4 Å². The molecular weight excluding hydrogens is 392 g/mol. The fourth-order valence-corrected chi connectivity index (χ4v) is 4.25. The third-order valence-electron chi connectivity index (χ3n) is 6.09. The Hall–Kier alpha value is -3.35. The van der Waals surface area contributed by atoms with Crippen molar-refractivity contribution >= 4 is 29.2 Å². The molecule has 2 saturated heterocycles. The Morgan fingerprint density at radius 1 is 1.03 bits per heavy atom. The standard InChI is InChI=1S/C24H28N4O3/c1-15(2)16-5-11-19(12-6-16)28-23(30)21-20(25-24(28)31)13-14-27(21)22(29)17-7-9-18(10-8-17)26(3)4/h5-12,15,20-21H,13-14H2,1-4H3,(H,25,31)/t20-,21+/m1/s1. The van der Waals surface area contributed by atoms with Gasteiger partial charge in [-0.15, -0.1) is 0 Å². The van der Waals surface area contributed by atoms with Crippen molar-refractivity contribution in [2.24, 2.45) is 0 Å². The number of carbonyl (C=O) groups is 3. The zero-order valence-electron chi connectivity index (χ0n) is 18.3. The Morgan fingerprint density at radius 3 is 2.26 bits per heavy atom. The minimum absolute atomic E-state index is 0.197. The highest BCUT2D eigenvalue weighted by Gasteiger charge is 2.50. The van der Waals surface area contributed by atoms with E-state index in [1.54, 1.807) is 29.2 Å². The van der Waals surface area contributed by atoms with Gasteiger partial charge in [-0.1, -0.05) is 26.0 Å². The van der Waals surface area contributed by atoms with Crippen LogP contribution < -0.4 is 15.1 Å². The summed E-state index contributed by atoms with van der Waals surface area (Å²) < 4.78 is 0. The van der Waals surface area contributed by atoms with Crippen LogP contribution in [0.4, 0.5) is 16.2 Å². The summed E-state index contributed by atoms with van der Waals surface area (Å²) in [6, 6.07) is 13.2. The Labute approximate surface area is 182 Å². The molecule has 162 valence electrons. The lowest BCUT2D eigenvalue weighted by atomic mass is 10.0. The minimum atomic E-state index is -0.705. The van der Waals surface area contributed by atoms with Crippen molar-refractivity contribution < 1.29 is 14.4 Å². The van der Waals surface area contributed by atoms with E-state index in [1.807, 2.05) is 43.3 Å². The van der Waals surface area contributed by atoms with Crippen molar-refractivity contribution in [2.45, 2.75) is 38.3 Å². The number of hydrogen-bond donors (Lipinski definition) is 1. The summed E-state index contributed by atoms with van der Waals surface area (Å²) in [6.07, 6.45) is 0.559. The van der Waals surface area contributed by atoms with E-state index in [1.165, 1.54) is 0 Å². The van der Waals surface area contributed by atoms with Gasteiger partial charge in [0.2, 0.25) is 0 Å². The van der Waals surface area contributed by atoms with Gasteiger partial charge in [-0.2, -0.15) is 0 Å². The fourth-order valence-electron chi connectivity index (χ4n) is 4.25. The Morgan fingerprint density at radius 2 is 1.68 bits per heavy atom. The van der Waals surface area contributed by atoms with Crippen LogP contribution >= 0.6 is 0 Å². The maximum atomic E-state index is 13.4. The molecule has 2 aromatic carbocycles. The van der Waals surface area contributed by atoms with Crippen LogP contribution in [0.3, 0.4) is 0 Å². The number of carbonyl (C=O) groups excluding carboxylic acids is 3. The van der Waals surface area contributed by atoms with Crippen molar-refractivity contribution in [1.82, 2.24) is 10.2 Å². The van der Waals surface area contributed by atoms with Crippen LogP contribution in [0.5, 0.6) is 0 Å². The number of benzene rings is 2. The highest BCUT2D eigenvalue weighted by molar-refractivity contribution is 6.19. The second-order valence-electron chi connectivity index (χ2n) is 8.65. The normalized spacial score (nSPS) is 20.7. The minimum Gasteiger partial charge on any atom is -0.378 e. The first kappa shape index (κ1) is 20.9. The quantitative estimate of drug-likeness (QED) is 0.824. The fraction of sp³-hybridized carbons (Fsp3) is 0.375. The molecule has 1 N–H and O–H groups in total. The molecular formula is C24H28N4O3. The molecule has 2 fully saturated rings. The molecule has 0 aliphatic carbocycles. The van der Waals surface area contributed by atoms with Crippen molar-refractivity contribution in [3.8, 4) is 0 Å². The summed E-state index contributed by atoms with van der Waals surface area (Å²) in [4.78, 5) is 44.0. The number of nitrogens with one attached hydrogen (secondary N) is 1. The zero-order chi connectivity index (χ0) is 22.3. The van der Waals surface area contributed by atoms with Gasteiger partial charge in [0, 0.05) is 31.9 Å². The number of amides is 4. The highest BCUT2D eigenvalue weighted by atomic mass is 16.2. The number of urea groups is 1. The summed E-state index contributed by atoms with van der Waals surface area (Å²) >= 11 is 0. The molecule has 4 amide bonds. The summed E-state index contributed by atoms with van der Waals surface area (Å²) in [5.41, 5.74) is 3.17. The van der Waals surface area contributed by atoms with Crippen LogP contribution in [0.2, 0.25) is 0 Å². The first-order valence-corrected chi connectivity index (χ1v) is 10.6. The number of rotatable bonds is 4. The third kappa shape index (κ3) is 3.76. The molecule has 2 aromatic rings. The molecule has 0 bridgehead atoms. The van der Waals surface area contributed by atoms with Crippen molar-refractivity contribution in [1.29, 1.82) is 0 Å². The number of fused-ring (bicyclic) bond motifs is 1. The largest absolute Gasteiger partial charge is 0.378 e. The first-order chi connectivity index (χ1) is 14.8. The van der Waals surface area contributed by atoms with E-state index in [2.05, 4.69) is 19.2 Å². The van der Waals surface area contributed by atoms with E-state index in [-0.39, 0.29) is 17.9 Å². The molecule has 2 atom stereocenters. The average molecular weight is 421 g/mol. The van der Waals surface area contributed by atoms with Gasteiger partial charge in [0.1, 0.15) is 6.04 Å². The monoisotopic (exact) mass is 420 g/mol. The molecule has 0 saturated carbocycles. The van der Waals surface area contributed by atoms with E-state index >= 15 is 0 Å². The summed E-state index contributed by atoms with van der Waals surface area (Å²) in [5, 5.41) is 2.92. The second kappa shape index (κ2) is 8.06. The van der Waals surface area contributed by atoms with Gasteiger partial charge in [0.25, 0.3) is 11.8 Å². The molecule has 7 heteroatoms. The van der Waals surface area contributed by atoms with E-state index in [0.717, 1.165) is 16.2 Å². The smallest absolute Gasteiger partial charge is 0.329 e. The van der Waals surface area contributed by atoms with Crippen molar-refractivity contribution in [3.05, 3.63) is 59.7 Å². The molecule has 0 spiro atoms. The maximum absolute atomic E-state index is 13.4. The number of nitrogens with zero attached hydrogens (tertiary/aromatic N) is 3. The number of hydrogen-bond acceptors (Lipinski definition) is 4. The molecule has 2 aliphatic rings. The van der Waals surface area contributed by atoms with Gasteiger partial charge in [-0.3, -0.25) is 9.59 Å². The van der Waals surface area contributed by atoms with Gasteiger partial charge >= 0.3 is 6.03 Å². The number of imide groups is 1. The third-order valence-corrected chi connectivity index (χ3v) is 6.09. The molecule has 7 nitrogen and oxygen atoms in total. The number of likely N-dealkylation sites (tertiary alicyclic amines) is 1. The van der Waals surface area contributed by atoms with Gasteiger partial charge < -0.3 is 15.1 Å². The summed E-state index contributed by atoms with van der Waals surface area (Å²) in [7, 11) is 3.88. The lowest BCUT2D eigenvalue weighted by Crippen LogP contribution is -2.65. The van der Waals surface area contributed by atoms with Crippen LogP contribution in [-0.4, -0.2) is 55.5 Å². The number of anilines is 2. The van der Waals surface area contributed by atoms with Gasteiger partial charge in [0.15, 0.2) is 0 Å². The second-order valence-corrected chi connectivity index (χ2v) is 8.65. The van der Waals surface area contributed by atoms with Gasteiger partial charge in [-0.25, -0.2) is 9.69 Å². The first-order valence-electron chi connectivity index (χ1n) is 10.6. The lowest BCUT2D eigenvalue weighted by molar-refractivity contribution is -0.122. The van der Waals surface area contributed by atoms with E-state index in [9.17, 15) is 14.4 Å². The molecule has 4 rings (SSSR count). The molecule has 0 unspecified atom stereocenters. The van der Waals surface area contributed by atoms with Crippen LogP contribution in [0.1, 0.15) is 42.1 Å². The molecule has 2 heterocycles. The van der Waals surface area contributed by atoms with E-state index in [0.29, 0.717) is 30.1 Å². The average Bonchev–Trinajstić information content (AvgIpc) is 3.17. The molecule has 31 heavy (non-hydrogen) atoms. The van der Waals surface area contributed by atoms with Crippen LogP contribution in [-0.2, 0) is 4.79 Å². The summed E-state index contributed by atoms with van der Waals surface area (Å²) in [6.45, 7) is 4.60. The Balaban J connectivity index is 1.59. The lowest BCUT2D eigenvalue weighted by Gasteiger charge is -2.37. The zero-order valence-corrected chi connectivity index (χ0v) is 18.3. The highest BCUT2D eigenvalue weighted by Crippen LogP contribution is 2.30. The summed E-state index contributed by atoms with van der Waals surface area (Å²) in [5.74, 6) is -0.203. The predicted molar refractivity (Wildman–Crippen MR) is 121 cm³/mol. The van der Waals surface area contributed by atoms with Crippen LogP contribution in [0.15, 0.2) is 48.5 Å². The Bertz CT molecular complexity index is 998. The topological polar surface area (TPSA) is 73.0 Å². The van der Waals surface area contributed by atoms with Crippen LogP contribution in [0, 0.1) is 0 Å². The van der Waals surface area contributed by atoms with Crippen molar-refractivity contribution in [3.63, 3.8) is 0 Å². The van der Waals surface area contributed by atoms with Crippen LogP contribution in [0.25, 0.3) is 0 Å².